The molecule has 0 saturated carbocycles. The minimum atomic E-state index is -4.64. The Hall–Kier alpha value is -0.710. The van der Waals surface area contributed by atoms with Crippen molar-refractivity contribution >= 4 is 7.82 Å². The van der Waals surface area contributed by atoms with Gasteiger partial charge in [0.15, 0.2) is 0 Å². The van der Waals surface area contributed by atoms with Crippen LogP contribution in [0.3, 0.4) is 0 Å². The fourth-order valence-electron chi connectivity index (χ4n) is 1.98. The summed E-state index contributed by atoms with van der Waals surface area (Å²) in [6, 6.07) is 0. The molecule has 1 aliphatic carbocycles. The Bertz CT molecular complexity index is 472. The van der Waals surface area contributed by atoms with Crippen LogP contribution in [-0.2, 0) is 4.57 Å². The molecule has 122 valence electrons. The van der Waals surface area contributed by atoms with Gasteiger partial charge < -0.3 is 19.8 Å². The highest BCUT2D eigenvalue weighted by Gasteiger charge is 2.42. The normalized spacial score (nSPS) is 26.1. The first kappa shape index (κ1) is 20.3. The van der Waals surface area contributed by atoms with Crippen LogP contribution in [-0.4, -0.2) is 25.4 Å². The molecule has 1 rings (SSSR count). The van der Waals surface area contributed by atoms with Crippen molar-refractivity contribution in [3.63, 3.8) is 0 Å². The second-order valence-electron chi connectivity index (χ2n) is 5.98. The first-order chi connectivity index (χ1) is 9.31. The number of hydrogen-bond donors (Lipinski definition) is 4. The highest BCUT2D eigenvalue weighted by molar-refractivity contribution is 7.45. The molecular weight excluding hydrogens is 291 g/mol. The number of allylic oxidation sites excluding steroid dienone is 5. The highest BCUT2D eigenvalue weighted by atomic mass is 31.2. The standard InChI is InChI=1S/C15H24O.H3O4P/c1-6-12(2)9-10-13-8-7-11-15(5,16)14(13,3)4;1-5(2,3)4/h6,8-10,16H,7,11H2,1-5H3;(H3,1,2,3,4). The van der Waals surface area contributed by atoms with E-state index in [1.165, 1.54) is 11.1 Å². The van der Waals surface area contributed by atoms with Gasteiger partial charge in [0.05, 0.1) is 5.60 Å². The highest BCUT2D eigenvalue weighted by Crippen LogP contribution is 2.45. The Morgan fingerprint density at radius 2 is 1.76 bits per heavy atom. The summed E-state index contributed by atoms with van der Waals surface area (Å²) in [7, 11) is -4.64. The Kier molecular flexibility index (Phi) is 7.27. The summed E-state index contributed by atoms with van der Waals surface area (Å²) in [5, 5.41) is 10.4. The Morgan fingerprint density at radius 1 is 1.29 bits per heavy atom. The van der Waals surface area contributed by atoms with Gasteiger partial charge in [-0.15, -0.1) is 0 Å². The van der Waals surface area contributed by atoms with Crippen LogP contribution in [0.2, 0.25) is 0 Å². The zero-order valence-corrected chi connectivity index (χ0v) is 14.3. The Labute approximate surface area is 127 Å². The summed E-state index contributed by atoms with van der Waals surface area (Å²) in [6.45, 7) is 10.3. The molecule has 0 saturated heterocycles. The molecule has 0 radical (unpaired) electrons. The number of aliphatic hydroxyl groups is 1. The third kappa shape index (κ3) is 7.21. The van der Waals surface area contributed by atoms with Crippen molar-refractivity contribution in [2.45, 2.75) is 53.1 Å². The van der Waals surface area contributed by atoms with Crippen molar-refractivity contribution in [2.75, 3.05) is 0 Å². The van der Waals surface area contributed by atoms with Gasteiger partial charge in [-0.3, -0.25) is 0 Å². The molecule has 21 heavy (non-hydrogen) atoms. The topological polar surface area (TPSA) is 98.0 Å². The fraction of sp³-hybridized carbons (Fsp3) is 0.600. The molecule has 6 heteroatoms. The maximum Gasteiger partial charge on any atom is 0.466 e. The van der Waals surface area contributed by atoms with Crippen LogP contribution < -0.4 is 0 Å². The molecule has 0 aliphatic heterocycles. The van der Waals surface area contributed by atoms with Gasteiger partial charge in [-0.1, -0.05) is 43.7 Å². The lowest BCUT2D eigenvalue weighted by Gasteiger charge is -2.44. The van der Waals surface area contributed by atoms with E-state index in [-0.39, 0.29) is 5.41 Å². The molecule has 4 N–H and O–H groups in total. The van der Waals surface area contributed by atoms with Crippen LogP contribution >= 0.6 is 7.82 Å². The van der Waals surface area contributed by atoms with Crippen LogP contribution in [0.15, 0.2) is 35.5 Å². The molecule has 0 bridgehead atoms. The van der Waals surface area contributed by atoms with E-state index < -0.39 is 13.4 Å². The maximum atomic E-state index is 10.4. The molecule has 1 unspecified atom stereocenters. The monoisotopic (exact) mass is 318 g/mol. The average molecular weight is 318 g/mol. The van der Waals surface area contributed by atoms with Crippen molar-refractivity contribution in [3.05, 3.63) is 35.5 Å². The fourth-order valence-corrected chi connectivity index (χ4v) is 1.98. The molecule has 0 aromatic heterocycles. The molecule has 0 aromatic carbocycles. The SMILES string of the molecule is CC=C(C)C=CC1=CCCC(C)(O)C1(C)C.O=P(O)(O)O. The third-order valence-corrected chi connectivity index (χ3v) is 4.04. The van der Waals surface area contributed by atoms with E-state index in [4.69, 9.17) is 19.2 Å². The van der Waals surface area contributed by atoms with Crippen LogP contribution in [0, 0.1) is 5.41 Å². The number of rotatable bonds is 2. The molecule has 1 atom stereocenters. The number of phosphoric acid groups is 1. The van der Waals surface area contributed by atoms with Crippen LogP contribution in [0.5, 0.6) is 0 Å². The minimum Gasteiger partial charge on any atom is -0.389 e. The van der Waals surface area contributed by atoms with E-state index in [0.29, 0.717) is 0 Å². The van der Waals surface area contributed by atoms with Crippen molar-refractivity contribution < 1.29 is 24.4 Å². The molecular formula is C15H27O5P. The second-order valence-corrected chi connectivity index (χ2v) is 7.00. The number of hydrogen-bond acceptors (Lipinski definition) is 2. The van der Waals surface area contributed by atoms with Gasteiger partial charge in [-0.2, -0.15) is 0 Å². The van der Waals surface area contributed by atoms with Gasteiger partial charge in [-0.05, 0) is 39.2 Å². The predicted molar refractivity (Wildman–Crippen MR) is 84.6 cm³/mol. The van der Waals surface area contributed by atoms with E-state index in [2.05, 4.69) is 45.1 Å². The van der Waals surface area contributed by atoms with Gasteiger partial charge in [0.1, 0.15) is 0 Å². The first-order valence-electron chi connectivity index (χ1n) is 6.83. The largest absolute Gasteiger partial charge is 0.466 e. The maximum absolute atomic E-state index is 10.4. The van der Waals surface area contributed by atoms with Crippen molar-refractivity contribution in [2.24, 2.45) is 5.41 Å². The van der Waals surface area contributed by atoms with Gasteiger partial charge in [0, 0.05) is 5.41 Å². The lowest BCUT2D eigenvalue weighted by atomic mass is 9.65. The molecule has 0 amide bonds. The minimum absolute atomic E-state index is 0.171. The summed E-state index contributed by atoms with van der Waals surface area (Å²) < 4.78 is 8.88. The smallest absolute Gasteiger partial charge is 0.389 e. The van der Waals surface area contributed by atoms with Crippen molar-refractivity contribution in [1.29, 1.82) is 0 Å². The van der Waals surface area contributed by atoms with Gasteiger partial charge in [0.25, 0.3) is 0 Å². The Balaban J connectivity index is 0.000000690. The zero-order valence-electron chi connectivity index (χ0n) is 13.4. The lowest BCUT2D eigenvalue weighted by Crippen LogP contribution is -2.44. The molecule has 0 aromatic rings. The average Bonchev–Trinajstić information content (AvgIpc) is 2.28. The lowest BCUT2D eigenvalue weighted by molar-refractivity contribution is -0.0415. The van der Waals surface area contributed by atoms with Crippen molar-refractivity contribution in [3.8, 4) is 0 Å². The molecule has 5 nitrogen and oxygen atoms in total. The third-order valence-electron chi connectivity index (χ3n) is 4.04. The predicted octanol–water partition coefficient (Wildman–Crippen LogP) is 3.08. The summed E-state index contributed by atoms with van der Waals surface area (Å²) >= 11 is 0. The second kappa shape index (κ2) is 7.52. The Morgan fingerprint density at radius 3 is 2.19 bits per heavy atom. The first-order valence-corrected chi connectivity index (χ1v) is 8.40. The van der Waals surface area contributed by atoms with Gasteiger partial charge >= 0.3 is 7.82 Å². The van der Waals surface area contributed by atoms with Crippen molar-refractivity contribution in [1.82, 2.24) is 0 Å². The van der Waals surface area contributed by atoms with Crippen LogP contribution in [0.25, 0.3) is 0 Å². The summed E-state index contributed by atoms with van der Waals surface area (Å²) in [6.07, 6.45) is 10.4. The van der Waals surface area contributed by atoms with Gasteiger partial charge in [-0.25, -0.2) is 4.57 Å². The molecule has 0 fully saturated rings. The molecule has 0 heterocycles. The van der Waals surface area contributed by atoms with E-state index in [1.54, 1.807) is 0 Å². The van der Waals surface area contributed by atoms with Crippen LogP contribution in [0.1, 0.15) is 47.5 Å². The molecule has 0 spiro atoms. The zero-order chi connectivity index (χ0) is 16.9. The van der Waals surface area contributed by atoms with E-state index >= 15 is 0 Å². The summed E-state index contributed by atoms with van der Waals surface area (Å²) in [4.78, 5) is 21.6. The summed E-state index contributed by atoms with van der Waals surface area (Å²) in [5.41, 5.74) is 1.72. The van der Waals surface area contributed by atoms with E-state index in [0.717, 1.165) is 12.8 Å². The van der Waals surface area contributed by atoms with E-state index in [1.807, 2.05) is 13.8 Å². The van der Waals surface area contributed by atoms with E-state index in [9.17, 15) is 5.11 Å². The quantitative estimate of drug-likeness (QED) is 0.463. The van der Waals surface area contributed by atoms with Gasteiger partial charge in [0.2, 0.25) is 0 Å². The summed E-state index contributed by atoms with van der Waals surface area (Å²) in [5.74, 6) is 0. The van der Waals surface area contributed by atoms with Crippen LogP contribution in [0.4, 0.5) is 0 Å². The molecule has 1 aliphatic rings.